The van der Waals surface area contributed by atoms with E-state index in [1.807, 2.05) is 23.0 Å². The Morgan fingerprint density at radius 2 is 2.09 bits per heavy atom. The first-order chi connectivity index (χ1) is 21.1. The van der Waals surface area contributed by atoms with Crippen LogP contribution < -0.4 is 26.5 Å². The molecule has 6 N–H and O–H groups in total. The van der Waals surface area contributed by atoms with Gasteiger partial charge >= 0.3 is 5.97 Å². The Hall–Kier alpha value is -4.55. The number of anilines is 2. The molecule has 0 spiro atoms. The molecule has 1 aliphatic carbocycles. The summed E-state index contributed by atoms with van der Waals surface area (Å²) < 4.78 is 2.81. The number of nitrogens with zero attached hydrogens (tertiary/aromatic N) is 5. The van der Waals surface area contributed by atoms with E-state index in [0.717, 1.165) is 26.5 Å². The van der Waals surface area contributed by atoms with E-state index in [2.05, 4.69) is 20.4 Å². The third-order valence-electron chi connectivity index (χ3n) is 7.36. The summed E-state index contributed by atoms with van der Waals surface area (Å²) >= 11 is 3.69. The van der Waals surface area contributed by atoms with E-state index in [9.17, 15) is 29.4 Å². The monoisotopic (exact) mass is 656 g/mol. The van der Waals surface area contributed by atoms with Crippen molar-refractivity contribution in [3.63, 3.8) is 0 Å². The fourth-order valence-electron chi connectivity index (χ4n) is 4.91. The van der Waals surface area contributed by atoms with Gasteiger partial charge in [-0.05, 0) is 18.1 Å². The SMILES string of the molecule is Nc1nc(/C(=N\OC2(C(=O)O)CCC2)C(=O)NC2C(=O)N3C(C(=O)[O-])=C(/C=C/C[n+]4ccc5sc(N)nc5c4)CS[C@H]23)cs1. The van der Waals surface area contributed by atoms with Crippen molar-refractivity contribution in [1.82, 2.24) is 20.2 Å². The number of carboxylic acids is 2. The Labute approximate surface area is 260 Å². The van der Waals surface area contributed by atoms with Gasteiger partial charge in [-0.1, -0.05) is 22.6 Å². The van der Waals surface area contributed by atoms with Gasteiger partial charge in [0.25, 0.3) is 11.8 Å². The first-order valence-electron chi connectivity index (χ1n) is 13.2. The number of fused-ring (bicyclic) bond motifs is 2. The first-order valence-corrected chi connectivity index (χ1v) is 15.9. The van der Waals surface area contributed by atoms with Gasteiger partial charge in [0.1, 0.15) is 22.6 Å². The second kappa shape index (κ2) is 11.5. The largest absolute Gasteiger partial charge is 0.543 e. The summed E-state index contributed by atoms with van der Waals surface area (Å²) in [6, 6.07) is 0.805. The first kappa shape index (κ1) is 29.5. The highest BCUT2D eigenvalue weighted by molar-refractivity contribution is 8.00. The van der Waals surface area contributed by atoms with Crippen LogP contribution >= 0.6 is 34.4 Å². The number of carbonyl (C=O) groups is 4. The summed E-state index contributed by atoms with van der Waals surface area (Å²) in [5.41, 5.74) is 10.5. The van der Waals surface area contributed by atoms with Gasteiger partial charge in [0, 0.05) is 30.0 Å². The summed E-state index contributed by atoms with van der Waals surface area (Å²) in [4.78, 5) is 65.1. The molecule has 1 saturated carbocycles. The van der Waals surface area contributed by atoms with Gasteiger partial charge in [0.2, 0.25) is 5.60 Å². The molecule has 1 unspecified atom stereocenters. The molecular formula is C26H24N8O7S3. The van der Waals surface area contributed by atoms with E-state index < -0.39 is 40.8 Å². The summed E-state index contributed by atoms with van der Waals surface area (Å²) in [5, 5.41) is 29.5. The van der Waals surface area contributed by atoms with Crippen LogP contribution in [0.25, 0.3) is 10.2 Å². The molecular weight excluding hydrogens is 633 g/mol. The number of nitrogens with one attached hydrogen (secondary N) is 1. The van der Waals surface area contributed by atoms with Crippen LogP contribution in [0.1, 0.15) is 25.0 Å². The molecule has 2 amide bonds. The minimum atomic E-state index is -1.55. The fraction of sp³-hybridized carbons (Fsp3) is 0.308. The number of allylic oxidation sites excluding steroid dienone is 2. The average Bonchev–Trinajstić information content (AvgIpc) is 3.56. The molecule has 15 nitrogen and oxygen atoms in total. The number of hydrogen-bond acceptors (Lipinski definition) is 14. The topological polar surface area (TPSA) is 230 Å². The second-order valence-electron chi connectivity index (χ2n) is 10.1. The Morgan fingerprint density at radius 1 is 1.30 bits per heavy atom. The molecule has 3 aliphatic rings. The van der Waals surface area contributed by atoms with Crippen LogP contribution in [-0.4, -0.2) is 72.2 Å². The van der Waals surface area contributed by atoms with Crippen LogP contribution in [0.5, 0.6) is 0 Å². The number of thioether (sulfide) groups is 1. The number of nitrogens with two attached hydrogens (primary N) is 2. The molecule has 2 atom stereocenters. The van der Waals surface area contributed by atoms with Crippen molar-refractivity contribution in [3.05, 3.63) is 53.0 Å². The van der Waals surface area contributed by atoms with Gasteiger partial charge < -0.3 is 36.6 Å². The predicted octanol–water partition coefficient (Wildman–Crippen LogP) is -0.407. The minimum absolute atomic E-state index is 0.0443. The number of pyridine rings is 1. The van der Waals surface area contributed by atoms with Crippen molar-refractivity contribution in [2.45, 2.75) is 42.8 Å². The van der Waals surface area contributed by atoms with Crippen molar-refractivity contribution in [2.75, 3.05) is 17.2 Å². The number of rotatable bonds is 10. The molecule has 228 valence electrons. The van der Waals surface area contributed by atoms with Crippen LogP contribution in [0.2, 0.25) is 0 Å². The molecule has 3 aromatic rings. The number of β-lactam (4-membered cyclic amide) rings is 1. The quantitative estimate of drug-likeness (QED) is 0.0945. The van der Waals surface area contributed by atoms with E-state index in [4.69, 9.17) is 16.3 Å². The lowest BCUT2D eigenvalue weighted by Crippen LogP contribution is -2.71. The lowest BCUT2D eigenvalue weighted by atomic mass is 9.80. The van der Waals surface area contributed by atoms with Gasteiger partial charge in [-0.15, -0.1) is 23.1 Å². The lowest BCUT2D eigenvalue weighted by molar-refractivity contribution is -0.685. The highest BCUT2D eigenvalue weighted by atomic mass is 32.2. The Bertz CT molecular complexity index is 1790. The Kier molecular flexibility index (Phi) is 7.72. The molecule has 0 aromatic carbocycles. The van der Waals surface area contributed by atoms with Crippen LogP contribution in [0.15, 0.2) is 52.4 Å². The maximum absolute atomic E-state index is 13.3. The molecule has 44 heavy (non-hydrogen) atoms. The van der Waals surface area contributed by atoms with Gasteiger partial charge in [-0.25, -0.2) is 14.8 Å². The van der Waals surface area contributed by atoms with Gasteiger partial charge in [0.05, 0.1) is 16.4 Å². The highest BCUT2D eigenvalue weighted by Crippen LogP contribution is 2.40. The van der Waals surface area contributed by atoms with E-state index in [1.165, 1.54) is 28.5 Å². The van der Waals surface area contributed by atoms with E-state index in [1.54, 1.807) is 12.2 Å². The van der Waals surface area contributed by atoms with Gasteiger partial charge in [-0.2, -0.15) is 4.57 Å². The standard InChI is InChI=1S/C26H24N8O7S3/c27-24-30-14(11-43-24)16(32-41-26(23(39)40)5-2-6-26)19(35)31-17-20(36)34-18(22(37)38)12(10-42-21(17)34)3-1-7-33-8-4-15-13(9-33)29-25(28)44-15/h1,3-4,8-9,11,17,21H,2,5-7,10H2,(H6-,27,28,29,30,31,35,37,38,39,40)/b3-1+,32-16+/t17?,21-/m1/s1. The number of thiazole rings is 2. The molecule has 2 aliphatic heterocycles. The maximum atomic E-state index is 13.3. The molecule has 2 fully saturated rings. The Balaban J connectivity index is 1.17. The molecule has 1 saturated heterocycles. The number of aromatic nitrogens is 3. The van der Waals surface area contributed by atoms with E-state index in [-0.39, 0.29) is 40.8 Å². The second-order valence-corrected chi connectivity index (χ2v) is 13.2. The van der Waals surface area contributed by atoms with Crippen molar-refractivity contribution >= 4 is 84.4 Å². The smallest absolute Gasteiger partial charge is 0.350 e. The summed E-state index contributed by atoms with van der Waals surface area (Å²) in [6.45, 7) is 0.409. The lowest BCUT2D eigenvalue weighted by Gasteiger charge is -2.50. The zero-order valence-electron chi connectivity index (χ0n) is 22.7. The van der Waals surface area contributed by atoms with Crippen LogP contribution in [-0.2, 0) is 30.6 Å². The van der Waals surface area contributed by atoms with Crippen molar-refractivity contribution < 1.29 is 38.8 Å². The van der Waals surface area contributed by atoms with Crippen LogP contribution in [0.3, 0.4) is 0 Å². The number of nitrogen functional groups attached to an aromatic ring is 2. The summed E-state index contributed by atoms with van der Waals surface area (Å²) in [6.07, 6.45) is 8.14. The highest BCUT2D eigenvalue weighted by Gasteiger charge is 2.53. The maximum Gasteiger partial charge on any atom is 0.350 e. The molecule has 0 bridgehead atoms. The summed E-state index contributed by atoms with van der Waals surface area (Å²) in [5.74, 6) is -3.99. The molecule has 0 radical (unpaired) electrons. The number of aliphatic carboxylic acids is 2. The third-order valence-corrected chi connectivity index (χ3v) is 10.2. The zero-order chi connectivity index (χ0) is 31.2. The van der Waals surface area contributed by atoms with E-state index in [0.29, 0.717) is 23.7 Å². The minimum Gasteiger partial charge on any atom is -0.543 e. The van der Waals surface area contributed by atoms with Gasteiger partial charge in [0.15, 0.2) is 34.9 Å². The average molecular weight is 657 g/mol. The van der Waals surface area contributed by atoms with Crippen molar-refractivity contribution in [3.8, 4) is 0 Å². The molecule has 18 heteroatoms. The van der Waals surface area contributed by atoms with Crippen molar-refractivity contribution in [2.24, 2.45) is 5.16 Å². The fourth-order valence-corrected chi connectivity index (χ4v) is 7.48. The van der Waals surface area contributed by atoms with Gasteiger partial charge in [-0.3, -0.25) is 14.5 Å². The predicted molar refractivity (Wildman–Crippen MR) is 159 cm³/mol. The molecule has 5 heterocycles. The van der Waals surface area contributed by atoms with Crippen molar-refractivity contribution in [1.29, 1.82) is 0 Å². The number of carbonyl (C=O) groups excluding carboxylic acids is 3. The number of amides is 2. The van der Waals surface area contributed by atoms with E-state index >= 15 is 0 Å². The zero-order valence-corrected chi connectivity index (χ0v) is 25.1. The van der Waals surface area contributed by atoms with Crippen LogP contribution in [0, 0.1) is 0 Å². The normalized spacial score (nSPS) is 21.1. The number of hydrogen-bond donors (Lipinski definition) is 4. The number of carboxylic acid groups (broad SMARTS) is 2. The number of oxime groups is 1. The summed E-state index contributed by atoms with van der Waals surface area (Å²) in [7, 11) is 0. The molecule has 6 rings (SSSR count). The Morgan fingerprint density at radius 3 is 2.75 bits per heavy atom. The van der Waals surface area contributed by atoms with Crippen LogP contribution in [0.4, 0.5) is 10.3 Å². The third kappa shape index (κ3) is 5.35. The molecule has 3 aromatic heterocycles.